The Balaban J connectivity index is 2.35. The predicted molar refractivity (Wildman–Crippen MR) is 63.1 cm³/mol. The zero-order chi connectivity index (χ0) is 11.5. The molecular formula is C12H13N3O. The van der Waals surface area contributed by atoms with Crippen LogP contribution in [-0.4, -0.2) is 16.0 Å². The SMILES string of the molecule is CC(=O)c1ccccc1Nc1cn[nH]c1C. The summed E-state index contributed by atoms with van der Waals surface area (Å²) in [5.74, 6) is 0.0456. The quantitative estimate of drug-likeness (QED) is 0.774. The highest BCUT2D eigenvalue weighted by Gasteiger charge is 2.07. The Morgan fingerprint density at radius 3 is 2.69 bits per heavy atom. The van der Waals surface area contributed by atoms with Crippen molar-refractivity contribution in [2.45, 2.75) is 13.8 Å². The predicted octanol–water partition coefficient (Wildman–Crippen LogP) is 2.66. The second-order valence-electron chi connectivity index (χ2n) is 3.64. The maximum Gasteiger partial charge on any atom is 0.161 e. The Morgan fingerprint density at radius 2 is 2.06 bits per heavy atom. The van der Waals surface area contributed by atoms with Gasteiger partial charge in [0.25, 0.3) is 0 Å². The van der Waals surface area contributed by atoms with Crippen LogP contribution in [0.1, 0.15) is 23.0 Å². The fourth-order valence-corrected chi connectivity index (χ4v) is 1.52. The van der Waals surface area contributed by atoms with Crippen molar-refractivity contribution in [3.8, 4) is 0 Å². The van der Waals surface area contributed by atoms with Gasteiger partial charge in [0.1, 0.15) is 0 Å². The first-order valence-electron chi connectivity index (χ1n) is 5.05. The van der Waals surface area contributed by atoms with Crippen molar-refractivity contribution in [2.75, 3.05) is 5.32 Å². The zero-order valence-electron chi connectivity index (χ0n) is 9.24. The highest BCUT2D eigenvalue weighted by atomic mass is 16.1. The molecule has 0 saturated heterocycles. The van der Waals surface area contributed by atoms with Crippen LogP contribution in [0.4, 0.5) is 11.4 Å². The van der Waals surface area contributed by atoms with Crippen molar-refractivity contribution >= 4 is 17.2 Å². The number of H-pyrrole nitrogens is 1. The molecule has 16 heavy (non-hydrogen) atoms. The number of carbonyl (C=O) groups is 1. The van der Waals surface area contributed by atoms with E-state index in [-0.39, 0.29) is 5.78 Å². The largest absolute Gasteiger partial charge is 0.352 e. The Morgan fingerprint density at radius 1 is 1.31 bits per heavy atom. The highest BCUT2D eigenvalue weighted by molar-refractivity contribution is 6.00. The van der Waals surface area contributed by atoms with Gasteiger partial charge in [0.2, 0.25) is 0 Å². The van der Waals surface area contributed by atoms with E-state index in [9.17, 15) is 4.79 Å². The van der Waals surface area contributed by atoms with Gasteiger partial charge in [-0.15, -0.1) is 0 Å². The maximum atomic E-state index is 11.4. The molecule has 2 rings (SSSR count). The number of Topliss-reactive ketones (excluding diaryl/α,β-unsaturated/α-hetero) is 1. The van der Waals surface area contributed by atoms with Crippen LogP contribution in [-0.2, 0) is 0 Å². The summed E-state index contributed by atoms with van der Waals surface area (Å²) in [6, 6.07) is 7.43. The Labute approximate surface area is 93.7 Å². The number of anilines is 2. The molecule has 0 aliphatic heterocycles. The summed E-state index contributed by atoms with van der Waals surface area (Å²) in [6.07, 6.45) is 1.70. The van der Waals surface area contributed by atoms with Gasteiger partial charge in [-0.2, -0.15) is 5.10 Å². The Bertz CT molecular complexity index is 516. The fourth-order valence-electron chi connectivity index (χ4n) is 1.52. The molecule has 0 bridgehead atoms. The number of aryl methyl sites for hydroxylation is 1. The lowest BCUT2D eigenvalue weighted by Gasteiger charge is -2.08. The standard InChI is InChI=1S/C12H13N3O/c1-8-12(7-13-15-8)14-11-6-4-3-5-10(11)9(2)16/h3-7,14H,1-2H3,(H,13,15). The smallest absolute Gasteiger partial charge is 0.161 e. The number of nitrogens with zero attached hydrogens (tertiary/aromatic N) is 1. The van der Waals surface area contributed by atoms with E-state index in [1.807, 2.05) is 25.1 Å². The number of para-hydroxylation sites is 1. The number of hydrogen-bond donors (Lipinski definition) is 2. The van der Waals surface area contributed by atoms with E-state index >= 15 is 0 Å². The molecule has 0 aliphatic carbocycles. The van der Waals surface area contributed by atoms with E-state index < -0.39 is 0 Å². The molecule has 0 spiro atoms. The summed E-state index contributed by atoms with van der Waals surface area (Å²) in [5.41, 5.74) is 3.31. The molecule has 4 heteroatoms. The number of ketones is 1. The second kappa shape index (κ2) is 4.18. The topological polar surface area (TPSA) is 57.8 Å². The van der Waals surface area contributed by atoms with Crippen LogP contribution < -0.4 is 5.32 Å². The number of aromatic nitrogens is 2. The Kier molecular flexibility index (Phi) is 2.72. The summed E-state index contributed by atoms with van der Waals surface area (Å²) >= 11 is 0. The molecule has 2 aromatic rings. The minimum Gasteiger partial charge on any atom is -0.352 e. The molecule has 1 aromatic carbocycles. The number of rotatable bonds is 3. The third-order valence-corrected chi connectivity index (χ3v) is 2.41. The van der Waals surface area contributed by atoms with Gasteiger partial charge in [0.15, 0.2) is 5.78 Å². The molecule has 0 fully saturated rings. The minimum atomic E-state index is 0.0456. The summed E-state index contributed by atoms with van der Waals surface area (Å²) < 4.78 is 0. The van der Waals surface area contributed by atoms with E-state index in [1.165, 1.54) is 0 Å². The number of aromatic amines is 1. The molecule has 0 unspecified atom stereocenters. The molecule has 0 radical (unpaired) electrons. The highest BCUT2D eigenvalue weighted by Crippen LogP contribution is 2.22. The molecule has 0 atom stereocenters. The van der Waals surface area contributed by atoms with Gasteiger partial charge in [-0.25, -0.2) is 0 Å². The van der Waals surface area contributed by atoms with Crippen LogP contribution in [0.25, 0.3) is 0 Å². The van der Waals surface area contributed by atoms with Crippen molar-refractivity contribution in [3.63, 3.8) is 0 Å². The first-order chi connectivity index (χ1) is 7.68. The third kappa shape index (κ3) is 1.95. The van der Waals surface area contributed by atoms with E-state index in [1.54, 1.807) is 19.2 Å². The zero-order valence-corrected chi connectivity index (χ0v) is 9.24. The summed E-state index contributed by atoms with van der Waals surface area (Å²) in [7, 11) is 0. The molecule has 4 nitrogen and oxygen atoms in total. The van der Waals surface area contributed by atoms with Crippen LogP contribution in [0.2, 0.25) is 0 Å². The lowest BCUT2D eigenvalue weighted by Crippen LogP contribution is -2.00. The van der Waals surface area contributed by atoms with Crippen molar-refractivity contribution in [1.82, 2.24) is 10.2 Å². The van der Waals surface area contributed by atoms with Crippen LogP contribution in [0.5, 0.6) is 0 Å². The summed E-state index contributed by atoms with van der Waals surface area (Å²) in [5, 5.41) is 9.95. The summed E-state index contributed by atoms with van der Waals surface area (Å²) in [6.45, 7) is 3.48. The van der Waals surface area contributed by atoms with Crippen molar-refractivity contribution in [3.05, 3.63) is 41.7 Å². The van der Waals surface area contributed by atoms with Gasteiger partial charge in [-0.1, -0.05) is 12.1 Å². The van der Waals surface area contributed by atoms with Gasteiger partial charge in [0, 0.05) is 11.3 Å². The molecule has 1 aromatic heterocycles. The van der Waals surface area contributed by atoms with E-state index in [0.29, 0.717) is 5.56 Å². The van der Waals surface area contributed by atoms with Gasteiger partial charge < -0.3 is 5.32 Å². The van der Waals surface area contributed by atoms with Crippen LogP contribution in [0.3, 0.4) is 0 Å². The molecule has 0 amide bonds. The van der Waals surface area contributed by atoms with Crippen molar-refractivity contribution < 1.29 is 4.79 Å². The molecule has 82 valence electrons. The third-order valence-electron chi connectivity index (χ3n) is 2.41. The lowest BCUT2D eigenvalue weighted by atomic mass is 10.1. The number of hydrogen-bond acceptors (Lipinski definition) is 3. The first-order valence-corrected chi connectivity index (χ1v) is 5.05. The van der Waals surface area contributed by atoms with E-state index in [0.717, 1.165) is 17.1 Å². The number of nitrogens with one attached hydrogen (secondary N) is 2. The summed E-state index contributed by atoms with van der Waals surface area (Å²) in [4.78, 5) is 11.4. The average molecular weight is 215 g/mol. The molecule has 0 aliphatic rings. The van der Waals surface area contributed by atoms with Crippen LogP contribution in [0.15, 0.2) is 30.5 Å². The van der Waals surface area contributed by atoms with Gasteiger partial charge in [-0.05, 0) is 26.0 Å². The molecule has 2 N–H and O–H groups in total. The van der Waals surface area contributed by atoms with Gasteiger partial charge >= 0.3 is 0 Å². The van der Waals surface area contributed by atoms with Crippen LogP contribution in [0, 0.1) is 6.92 Å². The average Bonchev–Trinajstić information content (AvgIpc) is 2.65. The maximum absolute atomic E-state index is 11.4. The lowest BCUT2D eigenvalue weighted by molar-refractivity contribution is 0.101. The monoisotopic (exact) mass is 215 g/mol. The minimum absolute atomic E-state index is 0.0456. The molecule has 0 saturated carbocycles. The van der Waals surface area contributed by atoms with E-state index in [2.05, 4.69) is 15.5 Å². The van der Waals surface area contributed by atoms with Crippen molar-refractivity contribution in [1.29, 1.82) is 0 Å². The van der Waals surface area contributed by atoms with Crippen LogP contribution >= 0.6 is 0 Å². The first kappa shape index (κ1) is 10.4. The molecular weight excluding hydrogens is 202 g/mol. The Hall–Kier alpha value is -2.10. The van der Waals surface area contributed by atoms with Gasteiger partial charge in [0.05, 0.1) is 17.6 Å². The fraction of sp³-hybridized carbons (Fsp3) is 0.167. The second-order valence-corrected chi connectivity index (χ2v) is 3.64. The molecule has 1 heterocycles. The normalized spacial score (nSPS) is 10.1. The van der Waals surface area contributed by atoms with Crippen molar-refractivity contribution in [2.24, 2.45) is 0 Å². The van der Waals surface area contributed by atoms with E-state index in [4.69, 9.17) is 0 Å². The number of carbonyl (C=O) groups excluding carboxylic acids is 1. The van der Waals surface area contributed by atoms with Gasteiger partial charge in [-0.3, -0.25) is 9.89 Å². The number of benzene rings is 1.